The summed E-state index contributed by atoms with van der Waals surface area (Å²) in [6.45, 7) is 6.30. The second kappa shape index (κ2) is 4.49. The van der Waals surface area contributed by atoms with Gasteiger partial charge in [-0.15, -0.1) is 21.8 Å². The predicted molar refractivity (Wildman–Crippen MR) is 70.2 cm³/mol. The van der Waals surface area contributed by atoms with E-state index in [-0.39, 0.29) is 0 Å². The van der Waals surface area contributed by atoms with Crippen molar-refractivity contribution >= 4 is 11.6 Å². The Morgan fingerprint density at radius 3 is 2.18 bits per heavy atom. The van der Waals surface area contributed by atoms with Gasteiger partial charge in [-0.2, -0.15) is 0 Å². The molecule has 0 radical (unpaired) electrons. The lowest BCUT2D eigenvalue weighted by atomic mass is 9.99. The highest BCUT2D eigenvalue weighted by atomic mass is 35.5. The minimum absolute atomic E-state index is 0.382. The molecule has 2 aromatic rings. The zero-order chi connectivity index (χ0) is 12.6. The molecular formula is C13H16ClN3. The summed E-state index contributed by atoms with van der Waals surface area (Å²) in [4.78, 5) is 0. The average Bonchev–Trinajstić information content (AvgIpc) is 2.59. The Labute approximate surface area is 106 Å². The van der Waals surface area contributed by atoms with Gasteiger partial charge in [-0.05, 0) is 31.9 Å². The molecule has 2 rings (SSSR count). The fourth-order valence-corrected chi connectivity index (χ4v) is 2.46. The van der Waals surface area contributed by atoms with Crippen LogP contribution < -0.4 is 0 Å². The molecule has 1 heterocycles. The average molecular weight is 250 g/mol. The molecule has 0 bridgehead atoms. The van der Waals surface area contributed by atoms with E-state index >= 15 is 0 Å². The van der Waals surface area contributed by atoms with Gasteiger partial charge < -0.3 is 4.57 Å². The molecule has 0 aliphatic rings. The Morgan fingerprint density at radius 2 is 1.71 bits per heavy atom. The molecule has 90 valence electrons. The molecule has 1 aromatic carbocycles. The molecule has 17 heavy (non-hydrogen) atoms. The van der Waals surface area contributed by atoms with Gasteiger partial charge in [-0.1, -0.05) is 17.7 Å². The number of rotatable bonds is 2. The summed E-state index contributed by atoms with van der Waals surface area (Å²) < 4.78 is 1.96. The quantitative estimate of drug-likeness (QED) is 0.766. The molecule has 4 heteroatoms. The maximum atomic E-state index is 5.81. The normalized spacial score (nSPS) is 10.9. The first-order chi connectivity index (χ1) is 8.04. The third-order valence-corrected chi connectivity index (χ3v) is 3.22. The molecule has 0 aliphatic carbocycles. The van der Waals surface area contributed by atoms with Crippen molar-refractivity contribution in [1.29, 1.82) is 0 Å². The van der Waals surface area contributed by atoms with Crippen molar-refractivity contribution in [2.75, 3.05) is 0 Å². The molecule has 0 saturated carbocycles. The van der Waals surface area contributed by atoms with E-state index in [9.17, 15) is 0 Å². The van der Waals surface area contributed by atoms with E-state index in [1.54, 1.807) is 0 Å². The van der Waals surface area contributed by atoms with Gasteiger partial charge in [0.25, 0.3) is 0 Å². The van der Waals surface area contributed by atoms with Crippen LogP contribution >= 0.6 is 11.6 Å². The Bertz CT molecular complexity index is 535. The summed E-state index contributed by atoms with van der Waals surface area (Å²) in [5, 5.41) is 8.33. The number of alkyl halides is 1. The molecular weight excluding hydrogens is 234 g/mol. The third-order valence-electron chi connectivity index (χ3n) is 2.99. The minimum Gasteiger partial charge on any atom is -0.313 e. The lowest BCUT2D eigenvalue weighted by molar-refractivity contribution is 0.852. The summed E-state index contributed by atoms with van der Waals surface area (Å²) >= 11 is 5.81. The molecule has 0 N–H and O–H groups in total. The van der Waals surface area contributed by atoms with Crippen molar-refractivity contribution < 1.29 is 0 Å². The van der Waals surface area contributed by atoms with Crippen LogP contribution in [-0.4, -0.2) is 14.8 Å². The number of hydrogen-bond donors (Lipinski definition) is 0. The minimum atomic E-state index is 0.382. The van der Waals surface area contributed by atoms with Gasteiger partial charge in [0.15, 0.2) is 5.82 Å². The van der Waals surface area contributed by atoms with E-state index in [0.717, 1.165) is 17.2 Å². The van der Waals surface area contributed by atoms with Crippen molar-refractivity contribution in [3.8, 4) is 11.4 Å². The first kappa shape index (κ1) is 12.1. The maximum absolute atomic E-state index is 5.81. The monoisotopic (exact) mass is 249 g/mol. The molecule has 0 spiro atoms. The highest BCUT2D eigenvalue weighted by Crippen LogP contribution is 2.27. The summed E-state index contributed by atoms with van der Waals surface area (Å²) in [5.41, 5.74) is 4.86. The number of hydrogen-bond acceptors (Lipinski definition) is 2. The van der Waals surface area contributed by atoms with Crippen LogP contribution in [-0.2, 0) is 12.9 Å². The Morgan fingerprint density at radius 1 is 1.12 bits per heavy atom. The lowest BCUT2D eigenvalue weighted by Gasteiger charge is -2.10. The molecule has 0 saturated heterocycles. The van der Waals surface area contributed by atoms with Crippen molar-refractivity contribution in [3.05, 3.63) is 34.6 Å². The van der Waals surface area contributed by atoms with Crippen LogP contribution in [0.2, 0.25) is 0 Å². The standard InChI is InChI=1S/C13H16ClN3/c1-8-5-9(2)12(10(3)6-8)13-16-15-11(7-14)17(13)4/h5-6H,7H2,1-4H3. The van der Waals surface area contributed by atoms with Gasteiger partial charge in [0, 0.05) is 12.6 Å². The Kier molecular flexibility index (Phi) is 3.20. The lowest BCUT2D eigenvalue weighted by Crippen LogP contribution is -2.00. The van der Waals surface area contributed by atoms with Crippen molar-refractivity contribution in [1.82, 2.24) is 14.8 Å². The Hall–Kier alpha value is -1.35. The van der Waals surface area contributed by atoms with Crippen LogP contribution in [0.3, 0.4) is 0 Å². The third kappa shape index (κ3) is 2.07. The van der Waals surface area contributed by atoms with Crippen LogP contribution in [0.15, 0.2) is 12.1 Å². The number of aromatic nitrogens is 3. The fraction of sp³-hybridized carbons (Fsp3) is 0.385. The Balaban J connectivity index is 2.64. The summed E-state index contributed by atoms with van der Waals surface area (Å²) in [5.74, 6) is 2.06. The van der Waals surface area contributed by atoms with Gasteiger partial charge >= 0.3 is 0 Å². The van der Waals surface area contributed by atoms with Gasteiger partial charge in [-0.25, -0.2) is 0 Å². The first-order valence-electron chi connectivity index (χ1n) is 5.57. The second-order valence-corrected chi connectivity index (χ2v) is 4.67. The van der Waals surface area contributed by atoms with Gasteiger partial charge in [-0.3, -0.25) is 0 Å². The largest absolute Gasteiger partial charge is 0.313 e. The maximum Gasteiger partial charge on any atom is 0.164 e. The SMILES string of the molecule is Cc1cc(C)c(-c2nnc(CCl)n2C)c(C)c1. The van der Waals surface area contributed by atoms with E-state index in [1.165, 1.54) is 16.7 Å². The van der Waals surface area contributed by atoms with Crippen LogP contribution in [0, 0.1) is 20.8 Å². The van der Waals surface area contributed by atoms with Crippen LogP contribution in [0.4, 0.5) is 0 Å². The molecule has 0 fully saturated rings. The van der Waals surface area contributed by atoms with E-state index in [2.05, 4.69) is 43.1 Å². The topological polar surface area (TPSA) is 30.7 Å². The van der Waals surface area contributed by atoms with E-state index in [0.29, 0.717) is 5.88 Å². The smallest absolute Gasteiger partial charge is 0.164 e. The summed E-state index contributed by atoms with van der Waals surface area (Å²) in [6.07, 6.45) is 0. The molecule has 3 nitrogen and oxygen atoms in total. The zero-order valence-electron chi connectivity index (χ0n) is 10.6. The second-order valence-electron chi connectivity index (χ2n) is 4.41. The molecule has 0 amide bonds. The van der Waals surface area contributed by atoms with Crippen molar-refractivity contribution in [2.45, 2.75) is 26.7 Å². The predicted octanol–water partition coefficient (Wildman–Crippen LogP) is 3.15. The highest BCUT2D eigenvalue weighted by molar-refractivity contribution is 6.16. The summed E-state index contributed by atoms with van der Waals surface area (Å²) in [6, 6.07) is 4.33. The number of halogens is 1. The molecule has 0 aliphatic heterocycles. The number of benzene rings is 1. The molecule has 0 unspecified atom stereocenters. The van der Waals surface area contributed by atoms with E-state index in [1.807, 2.05) is 11.6 Å². The van der Waals surface area contributed by atoms with E-state index in [4.69, 9.17) is 11.6 Å². The highest BCUT2D eigenvalue weighted by Gasteiger charge is 2.14. The molecule has 1 aromatic heterocycles. The molecule has 0 atom stereocenters. The first-order valence-corrected chi connectivity index (χ1v) is 6.10. The van der Waals surface area contributed by atoms with Crippen LogP contribution in [0.5, 0.6) is 0 Å². The fourth-order valence-electron chi connectivity index (χ4n) is 2.23. The zero-order valence-corrected chi connectivity index (χ0v) is 11.3. The number of aryl methyl sites for hydroxylation is 3. The van der Waals surface area contributed by atoms with Gasteiger partial charge in [0.05, 0.1) is 5.88 Å². The van der Waals surface area contributed by atoms with Crippen LogP contribution in [0.25, 0.3) is 11.4 Å². The van der Waals surface area contributed by atoms with Crippen molar-refractivity contribution in [3.63, 3.8) is 0 Å². The van der Waals surface area contributed by atoms with Crippen molar-refractivity contribution in [2.24, 2.45) is 7.05 Å². The van der Waals surface area contributed by atoms with E-state index < -0.39 is 0 Å². The van der Waals surface area contributed by atoms with Crippen LogP contribution in [0.1, 0.15) is 22.5 Å². The van der Waals surface area contributed by atoms with Gasteiger partial charge in [0.1, 0.15) is 5.82 Å². The summed E-state index contributed by atoms with van der Waals surface area (Å²) in [7, 11) is 1.95. The van der Waals surface area contributed by atoms with Gasteiger partial charge in [0.2, 0.25) is 0 Å². The number of nitrogens with zero attached hydrogens (tertiary/aromatic N) is 3.